The van der Waals surface area contributed by atoms with Gasteiger partial charge in [0.1, 0.15) is 0 Å². The summed E-state index contributed by atoms with van der Waals surface area (Å²) in [5.41, 5.74) is 1.41. The third-order valence-electron chi connectivity index (χ3n) is 4.90. The van der Waals surface area contributed by atoms with Gasteiger partial charge in [0.05, 0.1) is 22.6 Å². The lowest BCUT2D eigenvalue weighted by molar-refractivity contribution is -0.143. The Balaban J connectivity index is 2.37. The van der Waals surface area contributed by atoms with Crippen LogP contribution in [0.4, 0.5) is 26.3 Å². The van der Waals surface area contributed by atoms with Gasteiger partial charge in [-0.2, -0.15) is 26.3 Å². The van der Waals surface area contributed by atoms with Gasteiger partial charge in [-0.3, -0.25) is 4.79 Å². The smallest absolute Gasteiger partial charge is 0.347 e. The SMILES string of the molecule is CC(C)(NC(=O)[C@@H]1CCCC[C@@H]1N)c1cc(C(F)(F)F)cc(C(F)(F)F)c1. The molecule has 1 amide bonds. The number of nitrogens with one attached hydrogen (secondary N) is 1. The summed E-state index contributed by atoms with van der Waals surface area (Å²) < 4.78 is 78.3. The normalized spacial score (nSPS) is 21.8. The number of amides is 1. The Morgan fingerprint density at radius 1 is 0.926 bits per heavy atom. The molecular formula is C18H22F6N2O. The molecule has 1 aliphatic rings. The van der Waals surface area contributed by atoms with E-state index < -0.39 is 40.8 Å². The molecule has 2 atom stereocenters. The van der Waals surface area contributed by atoms with Crippen LogP contribution in [0, 0.1) is 5.92 Å². The minimum Gasteiger partial charge on any atom is -0.347 e. The minimum atomic E-state index is -4.94. The summed E-state index contributed by atoms with van der Waals surface area (Å²) in [6.45, 7) is 2.74. The number of rotatable bonds is 3. The molecule has 9 heteroatoms. The van der Waals surface area contributed by atoms with Gasteiger partial charge in [-0.25, -0.2) is 0 Å². The van der Waals surface area contributed by atoms with Crippen molar-refractivity contribution in [2.75, 3.05) is 0 Å². The van der Waals surface area contributed by atoms with Gasteiger partial charge in [0.2, 0.25) is 5.91 Å². The quantitative estimate of drug-likeness (QED) is 0.734. The van der Waals surface area contributed by atoms with E-state index in [9.17, 15) is 31.1 Å². The van der Waals surface area contributed by atoms with Crippen molar-refractivity contribution in [3.63, 3.8) is 0 Å². The zero-order valence-corrected chi connectivity index (χ0v) is 15.0. The molecule has 1 aliphatic carbocycles. The van der Waals surface area contributed by atoms with E-state index in [1.807, 2.05) is 0 Å². The summed E-state index contributed by atoms with van der Waals surface area (Å²) in [6.07, 6.45) is -7.01. The number of hydrogen-bond acceptors (Lipinski definition) is 2. The first-order valence-corrected chi connectivity index (χ1v) is 8.59. The fourth-order valence-corrected chi connectivity index (χ4v) is 3.27. The number of hydrogen-bond donors (Lipinski definition) is 2. The Kier molecular flexibility index (Phi) is 5.85. The van der Waals surface area contributed by atoms with E-state index in [1.54, 1.807) is 0 Å². The number of carbonyl (C=O) groups is 1. The van der Waals surface area contributed by atoms with E-state index in [1.165, 1.54) is 13.8 Å². The zero-order valence-electron chi connectivity index (χ0n) is 15.0. The van der Waals surface area contributed by atoms with Crippen LogP contribution >= 0.6 is 0 Å². The van der Waals surface area contributed by atoms with Crippen molar-refractivity contribution >= 4 is 5.91 Å². The van der Waals surface area contributed by atoms with E-state index in [0.717, 1.165) is 12.8 Å². The first-order chi connectivity index (χ1) is 12.2. The van der Waals surface area contributed by atoms with Gasteiger partial charge in [-0.05, 0) is 50.5 Å². The van der Waals surface area contributed by atoms with Crippen LogP contribution in [0.25, 0.3) is 0 Å². The molecule has 1 aromatic rings. The second kappa shape index (κ2) is 7.33. The molecule has 1 fully saturated rings. The molecule has 1 aromatic carbocycles. The molecule has 3 N–H and O–H groups in total. The number of carbonyl (C=O) groups excluding carboxylic acids is 1. The summed E-state index contributed by atoms with van der Waals surface area (Å²) >= 11 is 0. The third kappa shape index (κ3) is 5.15. The summed E-state index contributed by atoms with van der Waals surface area (Å²) in [6, 6.07) is 0.965. The lowest BCUT2D eigenvalue weighted by atomic mass is 9.83. The fourth-order valence-electron chi connectivity index (χ4n) is 3.27. The van der Waals surface area contributed by atoms with Crippen LogP contribution in [0.15, 0.2) is 18.2 Å². The van der Waals surface area contributed by atoms with Crippen molar-refractivity contribution in [1.82, 2.24) is 5.32 Å². The molecule has 0 aliphatic heterocycles. The van der Waals surface area contributed by atoms with E-state index in [4.69, 9.17) is 5.73 Å². The highest BCUT2D eigenvalue weighted by molar-refractivity contribution is 5.80. The predicted molar refractivity (Wildman–Crippen MR) is 87.5 cm³/mol. The van der Waals surface area contributed by atoms with Gasteiger partial charge >= 0.3 is 12.4 Å². The van der Waals surface area contributed by atoms with Crippen molar-refractivity contribution in [2.45, 2.75) is 63.5 Å². The van der Waals surface area contributed by atoms with E-state index in [0.29, 0.717) is 25.0 Å². The Hall–Kier alpha value is -1.77. The zero-order chi connectivity index (χ0) is 20.6. The molecule has 1 saturated carbocycles. The number of halogens is 6. The lowest BCUT2D eigenvalue weighted by Crippen LogP contribution is -2.49. The molecule has 0 heterocycles. The van der Waals surface area contributed by atoms with Crippen molar-refractivity contribution < 1.29 is 31.1 Å². The Bertz CT molecular complexity index is 664. The average molecular weight is 396 g/mol. The van der Waals surface area contributed by atoms with E-state index >= 15 is 0 Å². The molecule has 0 unspecified atom stereocenters. The van der Waals surface area contributed by atoms with E-state index in [-0.39, 0.29) is 17.7 Å². The van der Waals surface area contributed by atoms with Gasteiger partial charge in [-0.15, -0.1) is 0 Å². The largest absolute Gasteiger partial charge is 0.416 e. The highest BCUT2D eigenvalue weighted by atomic mass is 19.4. The fraction of sp³-hybridized carbons (Fsp3) is 0.611. The van der Waals surface area contributed by atoms with Crippen molar-refractivity contribution in [3.05, 3.63) is 34.9 Å². The van der Waals surface area contributed by atoms with Crippen LogP contribution in [-0.2, 0) is 22.7 Å². The van der Waals surface area contributed by atoms with Crippen molar-refractivity contribution in [1.29, 1.82) is 0 Å². The van der Waals surface area contributed by atoms with Crippen LogP contribution in [0.2, 0.25) is 0 Å². The van der Waals surface area contributed by atoms with Gasteiger partial charge in [0.25, 0.3) is 0 Å². The maximum absolute atomic E-state index is 13.1. The molecule has 27 heavy (non-hydrogen) atoms. The van der Waals surface area contributed by atoms with Crippen molar-refractivity contribution in [2.24, 2.45) is 11.7 Å². The molecule has 0 saturated heterocycles. The highest BCUT2D eigenvalue weighted by Gasteiger charge is 2.39. The topological polar surface area (TPSA) is 55.1 Å². The molecular weight excluding hydrogens is 374 g/mol. The monoisotopic (exact) mass is 396 g/mol. The highest BCUT2D eigenvalue weighted by Crippen LogP contribution is 2.38. The summed E-state index contributed by atoms with van der Waals surface area (Å²) in [5, 5.41) is 2.58. The molecule has 2 rings (SSSR count). The van der Waals surface area contributed by atoms with Crippen LogP contribution in [-0.4, -0.2) is 11.9 Å². The summed E-state index contributed by atoms with van der Waals surface area (Å²) in [7, 11) is 0. The number of alkyl halides is 6. The molecule has 0 radical (unpaired) electrons. The van der Waals surface area contributed by atoms with Crippen LogP contribution in [0.5, 0.6) is 0 Å². The first-order valence-electron chi connectivity index (χ1n) is 8.59. The molecule has 152 valence electrons. The lowest BCUT2D eigenvalue weighted by Gasteiger charge is -2.33. The van der Waals surface area contributed by atoms with Crippen LogP contribution in [0.3, 0.4) is 0 Å². The standard InChI is InChI=1S/C18H22F6N2O/c1-16(2,26-15(27)13-5-3-4-6-14(13)25)10-7-11(17(19,20)21)9-12(8-10)18(22,23)24/h7-9,13-14H,3-6,25H2,1-2H3,(H,26,27)/t13-,14+/m1/s1. The van der Waals surface area contributed by atoms with Gasteiger partial charge in [-0.1, -0.05) is 12.8 Å². The maximum atomic E-state index is 13.1. The Morgan fingerprint density at radius 3 is 1.81 bits per heavy atom. The van der Waals surface area contributed by atoms with Gasteiger partial charge in [0, 0.05) is 6.04 Å². The van der Waals surface area contributed by atoms with E-state index in [2.05, 4.69) is 5.32 Å². The third-order valence-corrected chi connectivity index (χ3v) is 4.90. The summed E-state index contributed by atoms with van der Waals surface area (Å²) in [4.78, 5) is 12.5. The van der Waals surface area contributed by atoms with Gasteiger partial charge < -0.3 is 11.1 Å². The minimum absolute atomic E-state index is 0.0679. The molecule has 0 aromatic heterocycles. The Morgan fingerprint density at radius 2 is 1.37 bits per heavy atom. The second-order valence-corrected chi connectivity index (χ2v) is 7.46. The van der Waals surface area contributed by atoms with Gasteiger partial charge in [0.15, 0.2) is 0 Å². The number of nitrogens with two attached hydrogens (primary N) is 1. The van der Waals surface area contributed by atoms with Crippen LogP contribution < -0.4 is 11.1 Å². The number of benzene rings is 1. The summed E-state index contributed by atoms with van der Waals surface area (Å²) in [5.74, 6) is -0.968. The first kappa shape index (κ1) is 21.5. The predicted octanol–water partition coefficient (Wildman–Crippen LogP) is 4.59. The second-order valence-electron chi connectivity index (χ2n) is 7.46. The average Bonchev–Trinajstić information content (AvgIpc) is 2.52. The maximum Gasteiger partial charge on any atom is 0.416 e. The molecule has 0 bridgehead atoms. The van der Waals surface area contributed by atoms with Crippen LogP contribution in [0.1, 0.15) is 56.2 Å². The molecule has 0 spiro atoms. The Labute approximate surface area is 153 Å². The van der Waals surface area contributed by atoms with Crippen molar-refractivity contribution in [3.8, 4) is 0 Å². The molecule has 3 nitrogen and oxygen atoms in total.